The van der Waals surface area contributed by atoms with Crippen LogP contribution in [0.5, 0.6) is 0 Å². The van der Waals surface area contributed by atoms with Crippen molar-refractivity contribution in [3.05, 3.63) is 29.0 Å². The van der Waals surface area contributed by atoms with Crippen LogP contribution in [0, 0.1) is 11.7 Å². The lowest BCUT2D eigenvalue weighted by atomic mass is 10.0. The fourth-order valence-electron chi connectivity index (χ4n) is 1.96. The minimum Gasteiger partial charge on any atom is -0.322 e. The summed E-state index contributed by atoms with van der Waals surface area (Å²) in [6.45, 7) is 1.79. The number of benzene rings is 1. The van der Waals surface area contributed by atoms with E-state index >= 15 is 0 Å². The molecule has 0 saturated carbocycles. The van der Waals surface area contributed by atoms with Crippen LogP contribution in [0.25, 0.3) is 0 Å². The van der Waals surface area contributed by atoms with Crippen molar-refractivity contribution >= 4 is 23.2 Å². The number of para-hydroxylation sites is 1. The molecule has 0 bridgehead atoms. The molecule has 1 aromatic carbocycles. The summed E-state index contributed by atoms with van der Waals surface area (Å²) in [6, 6.07) is 4.34. The molecule has 1 unspecified atom stereocenters. The third-order valence-corrected chi connectivity index (χ3v) is 3.18. The maximum Gasteiger partial charge on any atom is 0.224 e. The topological polar surface area (TPSA) is 41.1 Å². The predicted molar refractivity (Wildman–Crippen MR) is 65.6 cm³/mol. The normalized spacial score (nSPS) is 19.3. The summed E-state index contributed by atoms with van der Waals surface area (Å²) in [4.78, 5) is 11.7. The molecule has 5 heteroatoms. The van der Waals surface area contributed by atoms with Crippen LogP contribution >= 0.6 is 11.6 Å². The molecule has 0 spiro atoms. The molecular weight excluding hydrogens is 243 g/mol. The predicted octanol–water partition coefficient (Wildman–Crippen LogP) is 2.42. The smallest absolute Gasteiger partial charge is 0.224 e. The number of halogens is 2. The van der Waals surface area contributed by atoms with Gasteiger partial charge in [0.2, 0.25) is 5.91 Å². The molecule has 3 nitrogen and oxygen atoms in total. The molecule has 1 saturated heterocycles. The van der Waals surface area contributed by atoms with Gasteiger partial charge in [0.1, 0.15) is 5.82 Å². The fraction of sp³-hybridized carbons (Fsp3) is 0.417. The molecule has 2 rings (SSSR count). The van der Waals surface area contributed by atoms with Gasteiger partial charge in [-0.2, -0.15) is 0 Å². The van der Waals surface area contributed by atoms with Crippen LogP contribution in [0.1, 0.15) is 12.8 Å². The van der Waals surface area contributed by atoms with Gasteiger partial charge in [0.25, 0.3) is 0 Å². The average Bonchev–Trinajstić information content (AvgIpc) is 2.76. The van der Waals surface area contributed by atoms with Crippen molar-refractivity contribution in [1.82, 2.24) is 5.32 Å². The Morgan fingerprint density at radius 1 is 1.59 bits per heavy atom. The van der Waals surface area contributed by atoms with Gasteiger partial charge < -0.3 is 10.6 Å². The second kappa shape index (κ2) is 5.47. The lowest BCUT2D eigenvalue weighted by molar-refractivity contribution is -0.117. The molecule has 1 heterocycles. The number of carbonyl (C=O) groups is 1. The Labute approximate surface area is 104 Å². The van der Waals surface area contributed by atoms with E-state index in [1.54, 1.807) is 6.07 Å². The van der Waals surface area contributed by atoms with Crippen LogP contribution in [-0.4, -0.2) is 19.0 Å². The van der Waals surface area contributed by atoms with Gasteiger partial charge in [-0.15, -0.1) is 0 Å². The van der Waals surface area contributed by atoms with E-state index in [1.807, 2.05) is 0 Å². The second-order valence-electron chi connectivity index (χ2n) is 4.21. The van der Waals surface area contributed by atoms with Gasteiger partial charge in [-0.3, -0.25) is 4.79 Å². The highest BCUT2D eigenvalue weighted by atomic mass is 35.5. The zero-order chi connectivity index (χ0) is 12.3. The fourth-order valence-corrected chi connectivity index (χ4v) is 2.17. The van der Waals surface area contributed by atoms with Crippen LogP contribution in [0.3, 0.4) is 0 Å². The van der Waals surface area contributed by atoms with Crippen molar-refractivity contribution in [2.24, 2.45) is 5.92 Å². The lowest BCUT2D eigenvalue weighted by Gasteiger charge is -2.10. The molecule has 0 radical (unpaired) electrons. The number of hydrogen-bond donors (Lipinski definition) is 2. The number of hydrogen-bond acceptors (Lipinski definition) is 2. The Balaban J connectivity index is 1.97. The zero-order valence-corrected chi connectivity index (χ0v) is 10.1. The van der Waals surface area contributed by atoms with E-state index in [0.29, 0.717) is 12.3 Å². The number of nitrogens with one attached hydrogen (secondary N) is 2. The van der Waals surface area contributed by atoms with E-state index in [-0.39, 0.29) is 16.6 Å². The minimum absolute atomic E-state index is 0.0742. The summed E-state index contributed by atoms with van der Waals surface area (Å²) in [5, 5.41) is 5.94. The molecule has 2 N–H and O–H groups in total. The Morgan fingerprint density at radius 3 is 3.06 bits per heavy atom. The summed E-state index contributed by atoms with van der Waals surface area (Å²) >= 11 is 5.82. The highest BCUT2D eigenvalue weighted by Gasteiger charge is 2.19. The maximum atomic E-state index is 13.4. The zero-order valence-electron chi connectivity index (χ0n) is 9.30. The largest absolute Gasteiger partial charge is 0.322 e. The van der Waals surface area contributed by atoms with Crippen LogP contribution < -0.4 is 10.6 Å². The first-order valence-electron chi connectivity index (χ1n) is 5.61. The maximum absolute atomic E-state index is 13.4. The Bertz CT molecular complexity index is 399. The van der Waals surface area contributed by atoms with E-state index in [9.17, 15) is 9.18 Å². The number of rotatable bonds is 3. The van der Waals surface area contributed by atoms with Crippen molar-refractivity contribution in [3.8, 4) is 0 Å². The molecule has 1 aromatic rings. The molecule has 1 aliphatic heterocycles. The van der Waals surface area contributed by atoms with Crippen LogP contribution in [0.2, 0.25) is 5.02 Å². The molecule has 1 aliphatic rings. The molecular formula is C12H14ClFN2O. The van der Waals surface area contributed by atoms with Crippen molar-refractivity contribution in [2.75, 3.05) is 18.4 Å². The summed E-state index contributed by atoms with van der Waals surface area (Å²) < 4.78 is 13.4. The van der Waals surface area contributed by atoms with Crippen LogP contribution in [0.4, 0.5) is 10.1 Å². The second-order valence-corrected chi connectivity index (χ2v) is 4.61. The van der Waals surface area contributed by atoms with E-state index in [0.717, 1.165) is 19.5 Å². The van der Waals surface area contributed by atoms with Crippen LogP contribution in [-0.2, 0) is 4.79 Å². The van der Waals surface area contributed by atoms with Gasteiger partial charge in [-0.05, 0) is 37.6 Å². The monoisotopic (exact) mass is 256 g/mol. The van der Waals surface area contributed by atoms with Gasteiger partial charge in [-0.1, -0.05) is 17.7 Å². The van der Waals surface area contributed by atoms with Gasteiger partial charge in [-0.25, -0.2) is 4.39 Å². The van der Waals surface area contributed by atoms with Crippen molar-refractivity contribution in [2.45, 2.75) is 12.8 Å². The van der Waals surface area contributed by atoms with Gasteiger partial charge in [0.05, 0.1) is 10.7 Å². The average molecular weight is 257 g/mol. The summed E-state index contributed by atoms with van der Waals surface area (Å²) in [5.74, 6) is -0.360. The minimum atomic E-state index is -0.504. The summed E-state index contributed by atoms with van der Waals surface area (Å²) in [5.41, 5.74) is 0.0742. The van der Waals surface area contributed by atoms with E-state index in [2.05, 4.69) is 10.6 Å². The van der Waals surface area contributed by atoms with Crippen molar-refractivity contribution < 1.29 is 9.18 Å². The quantitative estimate of drug-likeness (QED) is 0.872. The standard InChI is InChI=1S/C12H14ClFN2O/c13-9-2-1-3-10(14)12(9)16-11(17)6-8-4-5-15-7-8/h1-3,8,15H,4-7H2,(H,16,17). The summed E-state index contributed by atoms with van der Waals surface area (Å²) in [6.07, 6.45) is 1.39. The first kappa shape index (κ1) is 12.3. The highest BCUT2D eigenvalue weighted by molar-refractivity contribution is 6.33. The molecule has 0 aliphatic carbocycles. The van der Waals surface area contributed by atoms with Gasteiger partial charge in [0.15, 0.2) is 0 Å². The van der Waals surface area contributed by atoms with E-state index in [4.69, 9.17) is 11.6 Å². The Kier molecular flexibility index (Phi) is 3.97. The van der Waals surface area contributed by atoms with E-state index < -0.39 is 5.82 Å². The van der Waals surface area contributed by atoms with E-state index in [1.165, 1.54) is 12.1 Å². The van der Waals surface area contributed by atoms with Crippen molar-refractivity contribution in [1.29, 1.82) is 0 Å². The molecule has 17 heavy (non-hydrogen) atoms. The Hall–Kier alpha value is -1.13. The number of anilines is 1. The SMILES string of the molecule is O=C(CC1CCNC1)Nc1c(F)cccc1Cl. The van der Waals surface area contributed by atoms with Gasteiger partial charge >= 0.3 is 0 Å². The first-order chi connectivity index (χ1) is 8.16. The first-order valence-corrected chi connectivity index (χ1v) is 5.99. The molecule has 1 atom stereocenters. The van der Waals surface area contributed by atoms with Gasteiger partial charge in [0, 0.05) is 6.42 Å². The molecule has 1 amide bonds. The summed E-state index contributed by atoms with van der Waals surface area (Å²) in [7, 11) is 0. The molecule has 1 fully saturated rings. The highest BCUT2D eigenvalue weighted by Crippen LogP contribution is 2.25. The number of amides is 1. The number of carbonyl (C=O) groups excluding carboxylic acids is 1. The third kappa shape index (κ3) is 3.17. The lowest BCUT2D eigenvalue weighted by Crippen LogP contribution is -2.19. The van der Waals surface area contributed by atoms with Crippen LogP contribution in [0.15, 0.2) is 18.2 Å². The third-order valence-electron chi connectivity index (χ3n) is 2.86. The van der Waals surface area contributed by atoms with Crippen molar-refractivity contribution in [3.63, 3.8) is 0 Å². The molecule has 92 valence electrons. The molecule has 0 aromatic heterocycles. The Morgan fingerprint density at radius 2 is 2.41 bits per heavy atom.